The van der Waals surface area contributed by atoms with E-state index in [1.165, 1.54) is 0 Å². The van der Waals surface area contributed by atoms with E-state index in [9.17, 15) is 0 Å². The Kier molecular flexibility index (Phi) is 3.00. The molecule has 1 saturated heterocycles. The summed E-state index contributed by atoms with van der Waals surface area (Å²) >= 11 is 9.54. The second-order valence-electron chi connectivity index (χ2n) is 3.46. The zero-order valence-corrected chi connectivity index (χ0v) is 10.2. The van der Waals surface area contributed by atoms with Crippen molar-refractivity contribution in [2.24, 2.45) is 0 Å². The number of anilines is 1. The molecule has 1 heterocycles. The van der Waals surface area contributed by atoms with Gasteiger partial charge in [0.05, 0.1) is 24.9 Å². The molecule has 0 radical (unpaired) electrons. The molecule has 0 aromatic heterocycles. The van der Waals surface area contributed by atoms with Gasteiger partial charge in [0.15, 0.2) is 0 Å². The maximum absolute atomic E-state index is 6.04. The van der Waals surface area contributed by atoms with Gasteiger partial charge in [-0.25, -0.2) is 0 Å². The minimum Gasteiger partial charge on any atom is -0.377 e. The largest absolute Gasteiger partial charge is 0.377 e. The first kappa shape index (κ1) is 10.3. The molecule has 1 N–H and O–H groups in total. The van der Waals surface area contributed by atoms with E-state index < -0.39 is 0 Å². The molecule has 0 atom stereocenters. The second-order valence-corrected chi connectivity index (χ2v) is 4.72. The first-order valence-electron chi connectivity index (χ1n) is 4.47. The molecule has 0 saturated carbocycles. The highest BCUT2D eigenvalue weighted by Gasteiger charge is 2.18. The summed E-state index contributed by atoms with van der Waals surface area (Å²) in [6.07, 6.45) is 0. The minimum atomic E-state index is 0.421. The van der Waals surface area contributed by atoms with Gasteiger partial charge >= 0.3 is 0 Å². The van der Waals surface area contributed by atoms with Gasteiger partial charge in [0, 0.05) is 9.50 Å². The molecular formula is C10H11BrClNO. The fourth-order valence-electron chi connectivity index (χ4n) is 1.30. The number of benzene rings is 1. The molecule has 4 heteroatoms. The Bertz CT molecular complexity index is 352. The molecule has 14 heavy (non-hydrogen) atoms. The molecule has 1 fully saturated rings. The number of halogens is 2. The van der Waals surface area contributed by atoms with Gasteiger partial charge in [-0.05, 0) is 40.5 Å². The summed E-state index contributed by atoms with van der Waals surface area (Å²) in [6.45, 7) is 3.54. The Labute approximate surface area is 96.7 Å². The lowest BCUT2D eigenvalue weighted by atomic mass is 10.2. The molecule has 1 aromatic carbocycles. The van der Waals surface area contributed by atoms with E-state index in [0.717, 1.165) is 34.0 Å². The number of nitrogens with one attached hydrogen (secondary N) is 1. The molecule has 2 rings (SSSR count). The van der Waals surface area contributed by atoms with Crippen molar-refractivity contribution in [2.45, 2.75) is 13.0 Å². The van der Waals surface area contributed by atoms with Crippen LogP contribution in [0.3, 0.4) is 0 Å². The lowest BCUT2D eigenvalue weighted by molar-refractivity contribution is 0.0211. The van der Waals surface area contributed by atoms with Gasteiger partial charge in [-0.2, -0.15) is 0 Å². The van der Waals surface area contributed by atoms with Crippen LogP contribution in [0.4, 0.5) is 5.69 Å². The number of hydrogen-bond acceptors (Lipinski definition) is 2. The van der Waals surface area contributed by atoms with Crippen molar-refractivity contribution in [1.29, 1.82) is 0 Å². The summed E-state index contributed by atoms with van der Waals surface area (Å²) in [4.78, 5) is 0. The highest BCUT2D eigenvalue weighted by molar-refractivity contribution is 9.10. The van der Waals surface area contributed by atoms with Gasteiger partial charge in [0.1, 0.15) is 0 Å². The van der Waals surface area contributed by atoms with Crippen molar-refractivity contribution in [3.63, 3.8) is 0 Å². The number of hydrogen-bond donors (Lipinski definition) is 1. The standard InChI is InChI=1S/C10H11BrClNO/c1-6-2-8(11)10(3-9(6)12)13-7-4-14-5-7/h2-3,7,13H,4-5H2,1H3. The molecular weight excluding hydrogens is 265 g/mol. The van der Waals surface area contributed by atoms with Crippen LogP contribution in [0.15, 0.2) is 16.6 Å². The van der Waals surface area contributed by atoms with E-state index in [-0.39, 0.29) is 0 Å². The maximum Gasteiger partial charge on any atom is 0.0729 e. The van der Waals surface area contributed by atoms with Crippen LogP contribution in [0.25, 0.3) is 0 Å². The van der Waals surface area contributed by atoms with Crippen LogP contribution in [0.5, 0.6) is 0 Å². The van der Waals surface area contributed by atoms with Crippen molar-refractivity contribution in [3.8, 4) is 0 Å². The SMILES string of the molecule is Cc1cc(Br)c(NC2COC2)cc1Cl. The Morgan fingerprint density at radius 1 is 1.50 bits per heavy atom. The Morgan fingerprint density at radius 2 is 2.21 bits per heavy atom. The lowest BCUT2D eigenvalue weighted by Crippen LogP contribution is -2.40. The molecule has 1 aliphatic rings. The summed E-state index contributed by atoms with van der Waals surface area (Å²) in [5, 5.41) is 4.15. The first-order valence-corrected chi connectivity index (χ1v) is 5.64. The van der Waals surface area contributed by atoms with Crippen molar-refractivity contribution in [3.05, 3.63) is 27.2 Å². The van der Waals surface area contributed by atoms with E-state index in [1.54, 1.807) is 0 Å². The topological polar surface area (TPSA) is 21.3 Å². The normalized spacial score (nSPS) is 16.5. The fraction of sp³-hybridized carbons (Fsp3) is 0.400. The number of rotatable bonds is 2. The predicted octanol–water partition coefficient (Wildman–Crippen LogP) is 3.22. The molecule has 76 valence electrons. The smallest absolute Gasteiger partial charge is 0.0729 e. The molecule has 0 aliphatic carbocycles. The van der Waals surface area contributed by atoms with Gasteiger partial charge < -0.3 is 10.1 Å². The Hall–Kier alpha value is -0.250. The van der Waals surface area contributed by atoms with Crippen LogP contribution >= 0.6 is 27.5 Å². The fourth-order valence-corrected chi connectivity index (χ4v) is 2.03. The van der Waals surface area contributed by atoms with Crippen molar-refractivity contribution in [2.75, 3.05) is 18.5 Å². The highest BCUT2D eigenvalue weighted by Crippen LogP contribution is 2.30. The van der Waals surface area contributed by atoms with Gasteiger partial charge in [0.2, 0.25) is 0 Å². The molecule has 0 unspecified atom stereocenters. The maximum atomic E-state index is 6.04. The third-order valence-electron chi connectivity index (χ3n) is 2.25. The molecule has 0 spiro atoms. The van der Waals surface area contributed by atoms with Gasteiger partial charge in [-0.15, -0.1) is 0 Å². The van der Waals surface area contributed by atoms with E-state index in [2.05, 4.69) is 21.2 Å². The van der Waals surface area contributed by atoms with Crippen molar-refractivity contribution < 1.29 is 4.74 Å². The van der Waals surface area contributed by atoms with E-state index in [1.807, 2.05) is 19.1 Å². The minimum absolute atomic E-state index is 0.421. The van der Waals surface area contributed by atoms with Crippen LogP contribution in [0, 0.1) is 6.92 Å². The second kappa shape index (κ2) is 4.09. The lowest BCUT2D eigenvalue weighted by Gasteiger charge is -2.28. The van der Waals surface area contributed by atoms with E-state index in [0.29, 0.717) is 6.04 Å². The Morgan fingerprint density at radius 3 is 2.79 bits per heavy atom. The first-order chi connectivity index (χ1) is 6.66. The molecule has 1 aromatic rings. The van der Waals surface area contributed by atoms with Crippen LogP contribution in [-0.4, -0.2) is 19.3 Å². The summed E-state index contributed by atoms with van der Waals surface area (Å²) in [7, 11) is 0. The third kappa shape index (κ3) is 2.05. The molecule has 1 aliphatic heterocycles. The van der Waals surface area contributed by atoms with Gasteiger partial charge in [-0.1, -0.05) is 11.6 Å². The monoisotopic (exact) mass is 275 g/mol. The van der Waals surface area contributed by atoms with E-state index >= 15 is 0 Å². The van der Waals surface area contributed by atoms with Crippen molar-refractivity contribution in [1.82, 2.24) is 0 Å². The zero-order valence-electron chi connectivity index (χ0n) is 7.81. The van der Waals surface area contributed by atoms with Gasteiger partial charge in [-0.3, -0.25) is 0 Å². The average molecular weight is 277 g/mol. The average Bonchev–Trinajstić information content (AvgIpc) is 2.06. The number of ether oxygens (including phenoxy) is 1. The van der Waals surface area contributed by atoms with Gasteiger partial charge in [0.25, 0.3) is 0 Å². The van der Waals surface area contributed by atoms with Crippen LogP contribution in [0.1, 0.15) is 5.56 Å². The predicted molar refractivity (Wildman–Crippen MR) is 62.1 cm³/mol. The van der Waals surface area contributed by atoms with Crippen LogP contribution in [-0.2, 0) is 4.74 Å². The quantitative estimate of drug-likeness (QED) is 0.895. The zero-order chi connectivity index (χ0) is 10.1. The summed E-state index contributed by atoms with van der Waals surface area (Å²) in [5.74, 6) is 0. The number of aryl methyl sites for hydroxylation is 1. The highest BCUT2D eigenvalue weighted by atomic mass is 79.9. The summed E-state index contributed by atoms with van der Waals surface area (Å²) < 4.78 is 6.14. The molecule has 2 nitrogen and oxygen atoms in total. The van der Waals surface area contributed by atoms with Crippen LogP contribution < -0.4 is 5.32 Å². The van der Waals surface area contributed by atoms with E-state index in [4.69, 9.17) is 16.3 Å². The Balaban J connectivity index is 2.19. The summed E-state index contributed by atoms with van der Waals surface area (Å²) in [5.41, 5.74) is 2.11. The van der Waals surface area contributed by atoms with Crippen molar-refractivity contribution >= 4 is 33.2 Å². The third-order valence-corrected chi connectivity index (χ3v) is 3.31. The van der Waals surface area contributed by atoms with Crippen LogP contribution in [0.2, 0.25) is 5.02 Å². The molecule has 0 amide bonds. The molecule has 0 bridgehead atoms. The summed E-state index contributed by atoms with van der Waals surface area (Å²) in [6, 6.07) is 4.38.